The predicted molar refractivity (Wildman–Crippen MR) is 441 cm³/mol. The number of carboxylic acid groups (broad SMARTS) is 1. The van der Waals surface area contributed by atoms with Crippen molar-refractivity contribution in [2.75, 3.05) is 85.1 Å². The maximum Gasteiger partial charge on any atom is 1.00 e. The molecule has 0 saturated heterocycles. The van der Waals surface area contributed by atoms with Crippen LogP contribution < -0.4 is 96.6 Å². The Bertz CT molecular complexity index is 4030. The molecule has 0 bridgehead atoms. The maximum atomic E-state index is 12.1. The molecule has 3 aromatic heterocycles. The van der Waals surface area contributed by atoms with Crippen LogP contribution in [0.4, 0.5) is 0 Å². The van der Waals surface area contributed by atoms with Crippen molar-refractivity contribution in [3.63, 3.8) is 0 Å². The first-order valence-corrected chi connectivity index (χ1v) is 37.1. The Kier molecular flexibility index (Phi) is 66.4. The quantitative estimate of drug-likeness (QED) is 0.00767. The molecule has 8 rings (SSSR count). The largest absolute Gasteiger partial charge is 1.00 e. The summed E-state index contributed by atoms with van der Waals surface area (Å²) < 4.78 is 223. The van der Waals surface area contributed by atoms with Gasteiger partial charge in [-0.15, -0.1) is 12.2 Å². The molecule has 5 fully saturated rings. The van der Waals surface area contributed by atoms with Gasteiger partial charge >= 0.3 is 119 Å². The molecule has 115 heavy (non-hydrogen) atoms. The number of carbonyl (C=O) groups is 8. The Labute approximate surface area is 831 Å². The minimum atomic E-state index is -2.55. The zero-order valence-corrected chi connectivity index (χ0v) is 82.7. The fraction of sp³-hybridized carbons (Fsp3) is 0.734. The number of nitriles is 2. The van der Waals surface area contributed by atoms with Crippen molar-refractivity contribution in [3.8, 4) is 23.4 Å². The first-order chi connectivity index (χ1) is 62.0. The van der Waals surface area contributed by atoms with E-state index in [4.69, 9.17) is 73.9 Å². The van der Waals surface area contributed by atoms with Crippen LogP contribution in [0.3, 0.4) is 0 Å². The molecular weight excluding hydrogens is 1900 g/mol. The third kappa shape index (κ3) is 74.8. The average Bonchev–Trinajstić information content (AvgIpc) is 1.52. The second-order valence-electron chi connectivity index (χ2n) is 23.1. The molecule has 3 heterocycles. The third-order valence-corrected chi connectivity index (χ3v) is 13.1. The van der Waals surface area contributed by atoms with Gasteiger partial charge in [-0.3, -0.25) is 52.6 Å². The third-order valence-electron chi connectivity index (χ3n) is 12.1. The molecule has 29 nitrogen and oxygen atoms in total. The van der Waals surface area contributed by atoms with Crippen LogP contribution in [0.25, 0.3) is 22.3 Å². The van der Waals surface area contributed by atoms with E-state index >= 15 is 0 Å². The molecule has 646 valence electrons. The molecule has 0 unspecified atom stereocenters. The van der Waals surface area contributed by atoms with Gasteiger partial charge in [-0.05, 0) is 152 Å². The number of hydrogen-bond donors (Lipinski definition) is 3. The summed E-state index contributed by atoms with van der Waals surface area (Å²) in [5, 5.41) is 49.2. The first kappa shape index (κ1) is 85.8. The molecule has 5 saturated carbocycles. The van der Waals surface area contributed by atoms with E-state index < -0.39 is 153 Å². The number of ketones is 1. The Balaban J connectivity index is -0.000000168. The van der Waals surface area contributed by atoms with Gasteiger partial charge in [-0.25, -0.2) is 25.1 Å². The van der Waals surface area contributed by atoms with Gasteiger partial charge in [0.1, 0.15) is 37.1 Å². The van der Waals surface area contributed by atoms with Crippen molar-refractivity contribution in [3.05, 3.63) is 43.1 Å². The number of carboxylic acids is 1. The fourth-order valence-corrected chi connectivity index (χ4v) is 7.81. The molecule has 0 aliphatic heterocycles. The smallest absolute Gasteiger partial charge is 0.855 e. The minimum absolute atomic E-state index is 0. The fourth-order valence-electron chi connectivity index (χ4n) is 7.30. The zero-order chi connectivity index (χ0) is 108. The second-order valence-corrected chi connectivity index (χ2v) is 24.6. The SMILES string of the molecule is C.CC(C)(C)C(=O)OCn1ccc2c(-c3cn[nH]c3)ncnc21.CC(C)(C)[O-].CCOC(=O)CC(C)=O.CCOCC.CC[O-].CNOC.N#CCOP=O.[2H]C([2H])(Br)CCC([2H])([2H])Br.[2H]C1([2H])CCC([2H])([2H])C1(C(=O)OCC)C(=O)OCC.[2H]C1([2H])CCC([2H])([2H])C1C(=O)N(C)OC.[2H]C1([2H])CCC([2H])([2H])C1C(=O)O.[2H]C1([2H])CCC([2H])([2H])C1C=CC#N.[2H]C1([2H])CCC([2H])([2H])C1C=O.[2H][B].[K+].[Na+].[U]. The Hall–Kier alpha value is -2.76. The normalized spacial score (nSPS) is 21.6. The van der Waals surface area contributed by atoms with Crippen LogP contribution in [0, 0.1) is 88.3 Å². The number of Topliss-reactive ketones (excluding diaryl/α,β-unsaturated/α-hetero) is 1. The number of aldehydes is 1. The second kappa shape index (κ2) is 89.0. The number of aliphatic carboxylic acids is 1. The number of aromatic amines is 1. The van der Waals surface area contributed by atoms with Gasteiger partial charge in [0.05, 0.1) is 69.4 Å². The van der Waals surface area contributed by atoms with Gasteiger partial charge in [0.2, 0.25) is 5.91 Å². The number of H-pyrrole nitrogens is 1. The standard InChI is InChI=1S/C15H17N5O2.C11H18O4.C8H15NO2.C8H11N.C6H10O3.C6H10O2.C6H10O.C4H8Br2.C4H9O.C4H10O.C2H2NO2P.C2H7NO.C2H5O.CH4.BH.K.Na.U/c1-15(2,3)14(21)22-9-20-5-4-11-12(10-6-18-19-7-10)16-8-17-13(11)20;1-3-14-9(12)11(7-5-6-8-11)10(13)15-4-2;1-9(11-2)8(10)7-5-3-4-6-7;9-7-3-6-8-4-1-2-5-8;1-3-9-6(8)4-5(2)7;7-6(8)5-3-1-2-4-5;7-5-6-3-1-2-4-6;5-3-1-2-4-6;1-4(2,3)5;1-3-5-4-2;3-1-2-5-6-4;1-3-4-2;1-2-3;;;;;/h4-8H,9H2,1-3H3,(H,18,19);3-8H2,1-2H3;7H,3-6H2,1-2H3;3,6,8H,1-2,4-5H2;3-4H2,1-2H3;5H,1-4H2,(H,7,8);5-6H,1-4H2;1-4H2;1-3H3;3-4H2,1-2H3;2H2;3H,1-2H3;2H2,1H3;1H4;1H;;;/q;;;;;;;;-1;;;;-1;;;2*+1;/i;7D2,8D2;5D2,6D2;4D2,5D2;;3*3D2,4D2;;;;;;;1D;;;. The van der Waals surface area contributed by atoms with E-state index in [0.29, 0.717) is 18.5 Å². The zero-order valence-electron chi connectivity index (χ0n) is 94.4. The molecule has 0 atom stereocenters. The molecule has 0 spiro atoms. The van der Waals surface area contributed by atoms with E-state index in [1.54, 1.807) is 77.9 Å². The molecule has 0 aromatic carbocycles. The van der Waals surface area contributed by atoms with Gasteiger partial charge in [-0.1, -0.05) is 137 Å². The molecule has 3 aromatic rings. The molecule has 5 aliphatic rings. The molecule has 5 aliphatic carbocycles. The van der Waals surface area contributed by atoms with Crippen LogP contribution in [-0.4, -0.2) is 183 Å². The van der Waals surface area contributed by atoms with Crippen molar-refractivity contribution in [2.24, 2.45) is 34.5 Å². The van der Waals surface area contributed by atoms with Crippen LogP contribution in [0.2, 0.25) is 0 Å². The van der Waals surface area contributed by atoms with Crippen LogP contribution in [-0.2, 0) is 87.5 Å². The summed E-state index contributed by atoms with van der Waals surface area (Å²) in [6.07, 6.45) is -8.16. The molecule has 36 heteroatoms. The summed E-state index contributed by atoms with van der Waals surface area (Å²) >= 11 is 5.55. The minimum Gasteiger partial charge on any atom is -0.855 e. The van der Waals surface area contributed by atoms with E-state index in [-0.39, 0.29) is 248 Å². The number of allylic oxidation sites excluding steroid dienone is 2. The number of nitrogens with one attached hydrogen (secondary N) is 2. The molecular formula is C79H137BBr2KN9NaO20PU. The molecule has 3 N–H and O–H groups in total. The number of fused-ring (bicyclic) bond motifs is 1. The van der Waals surface area contributed by atoms with E-state index in [2.05, 4.69) is 84.8 Å². The number of carbonyl (C=O) groups excluding carboxylic acids is 7. The summed E-state index contributed by atoms with van der Waals surface area (Å²) in [5.41, 5.74) is 0.996. The number of amides is 1. The molecule has 1 amide bonds. The summed E-state index contributed by atoms with van der Waals surface area (Å²) in [4.78, 5) is 107. The van der Waals surface area contributed by atoms with Gasteiger partial charge in [-0.2, -0.15) is 15.6 Å². The van der Waals surface area contributed by atoms with Crippen molar-refractivity contribution in [1.29, 1.82) is 11.9 Å². The number of rotatable bonds is 23. The summed E-state index contributed by atoms with van der Waals surface area (Å²) in [6.45, 7) is 23.9. The van der Waals surface area contributed by atoms with Gasteiger partial charge < -0.3 is 48.6 Å². The summed E-state index contributed by atoms with van der Waals surface area (Å²) in [6, 6.07) is 5.30. The number of ether oxygens (including phenoxy) is 5. The van der Waals surface area contributed by atoms with Crippen molar-refractivity contribution >= 4 is 108 Å². The van der Waals surface area contributed by atoms with Crippen LogP contribution in [0.1, 0.15) is 278 Å². The van der Waals surface area contributed by atoms with Gasteiger partial charge in [0.25, 0.3) is 0 Å². The monoisotopic (exact) mass is 2060 g/mol. The number of esters is 4. The Morgan fingerprint density at radius 3 is 1.58 bits per heavy atom. The van der Waals surface area contributed by atoms with E-state index in [1.165, 1.54) is 47.3 Å². The van der Waals surface area contributed by atoms with E-state index in [9.17, 15) is 48.0 Å². The number of nitrogens with zero attached hydrogens (tertiary/aromatic N) is 7. The summed E-state index contributed by atoms with van der Waals surface area (Å²) in [7, 11) is 9.24. The van der Waals surface area contributed by atoms with E-state index in [0.717, 1.165) is 41.0 Å². The first-order valence-electron chi connectivity index (χ1n) is 47.3. The molecule has 2 radical (unpaired) electrons. The van der Waals surface area contributed by atoms with Gasteiger partial charge in [0.15, 0.2) is 12.1 Å². The van der Waals surface area contributed by atoms with Crippen molar-refractivity contribution < 1.29 is 241 Å². The predicted octanol–water partition coefficient (Wildman–Crippen LogP) is 8.27. The number of hydrogen-bond acceptors (Lipinski definition) is 25. The number of aromatic nitrogens is 5. The topological polar surface area (TPSA) is 416 Å². The Morgan fingerprint density at radius 1 is 0.809 bits per heavy atom. The van der Waals surface area contributed by atoms with Crippen molar-refractivity contribution in [2.45, 2.75) is 257 Å². The van der Waals surface area contributed by atoms with Crippen LogP contribution in [0.5, 0.6) is 0 Å². The Morgan fingerprint density at radius 2 is 1.26 bits per heavy atom. The maximum absolute atomic E-state index is 12.1. The van der Waals surface area contributed by atoms with Crippen molar-refractivity contribution in [1.82, 2.24) is 35.3 Å². The van der Waals surface area contributed by atoms with Crippen LogP contribution >= 0.6 is 40.5 Å². The summed E-state index contributed by atoms with van der Waals surface area (Å²) in [5.74, 6) is -9.96. The number of halogens is 2. The van der Waals surface area contributed by atoms with Gasteiger partial charge in [0, 0.05) is 152 Å². The number of hydroxylamine groups is 3. The van der Waals surface area contributed by atoms with E-state index in [1.807, 2.05) is 46.9 Å². The van der Waals surface area contributed by atoms with Crippen LogP contribution in [0.15, 0.2) is 43.1 Å². The average molecular weight is 2060 g/mol. The number of alkyl halides is 2.